The van der Waals surface area contributed by atoms with Crippen LogP contribution in [-0.4, -0.2) is 32.9 Å². The van der Waals surface area contributed by atoms with E-state index in [2.05, 4.69) is 0 Å². The molecule has 1 atom stereocenters. The first-order valence-electron chi connectivity index (χ1n) is 4.35. The highest BCUT2D eigenvalue weighted by atomic mass is 16.4. The summed E-state index contributed by atoms with van der Waals surface area (Å²) in [7, 11) is 0. The minimum Gasteiger partial charge on any atom is -0.479 e. The summed E-state index contributed by atoms with van der Waals surface area (Å²) in [6, 6.07) is 0. The standard InChI is InChI=1S/C9H12O5/c10-7(11)9(14,8(12)13)6-4-2-1-3-5-6/h2,4,6,14H,1,3,5H2,(H,10,11)(H,12,13). The second-order valence-corrected chi connectivity index (χ2v) is 3.34. The van der Waals surface area contributed by atoms with Crippen LogP contribution in [0.5, 0.6) is 0 Å². The van der Waals surface area contributed by atoms with Gasteiger partial charge in [-0.05, 0) is 19.3 Å². The van der Waals surface area contributed by atoms with Crippen LogP contribution in [-0.2, 0) is 9.59 Å². The molecule has 0 heterocycles. The lowest BCUT2D eigenvalue weighted by atomic mass is 9.81. The molecule has 1 aliphatic carbocycles. The Morgan fingerprint density at radius 3 is 2.21 bits per heavy atom. The SMILES string of the molecule is O=C(O)C(O)(C(=O)O)C1C=CCCC1. The van der Waals surface area contributed by atoms with Gasteiger partial charge in [-0.15, -0.1) is 0 Å². The van der Waals surface area contributed by atoms with Crippen molar-refractivity contribution in [1.82, 2.24) is 0 Å². The van der Waals surface area contributed by atoms with Gasteiger partial charge in [0.2, 0.25) is 0 Å². The first-order chi connectivity index (χ1) is 6.49. The van der Waals surface area contributed by atoms with Crippen LogP contribution >= 0.6 is 0 Å². The van der Waals surface area contributed by atoms with Gasteiger partial charge in [0.25, 0.3) is 5.60 Å². The van der Waals surface area contributed by atoms with Crippen LogP contribution in [0.25, 0.3) is 0 Å². The Kier molecular flexibility index (Phi) is 2.90. The number of rotatable bonds is 3. The summed E-state index contributed by atoms with van der Waals surface area (Å²) >= 11 is 0. The number of hydrogen-bond acceptors (Lipinski definition) is 3. The molecular formula is C9H12O5. The maximum absolute atomic E-state index is 10.7. The molecule has 0 saturated heterocycles. The molecule has 0 amide bonds. The lowest BCUT2D eigenvalue weighted by molar-refractivity contribution is -0.181. The molecule has 0 fully saturated rings. The van der Waals surface area contributed by atoms with E-state index in [1.807, 2.05) is 0 Å². The van der Waals surface area contributed by atoms with Crippen LogP contribution < -0.4 is 0 Å². The van der Waals surface area contributed by atoms with Gasteiger partial charge in [0.1, 0.15) is 0 Å². The Balaban J connectivity index is 2.98. The molecule has 0 aromatic carbocycles. The van der Waals surface area contributed by atoms with E-state index in [0.29, 0.717) is 12.8 Å². The maximum atomic E-state index is 10.7. The third-order valence-electron chi connectivity index (χ3n) is 2.44. The van der Waals surface area contributed by atoms with Crippen molar-refractivity contribution in [3.63, 3.8) is 0 Å². The van der Waals surface area contributed by atoms with Crippen molar-refractivity contribution in [2.24, 2.45) is 5.92 Å². The monoisotopic (exact) mass is 200 g/mol. The Bertz CT molecular complexity index is 267. The van der Waals surface area contributed by atoms with Gasteiger partial charge in [-0.2, -0.15) is 0 Å². The van der Waals surface area contributed by atoms with Crippen molar-refractivity contribution >= 4 is 11.9 Å². The predicted octanol–water partition coefficient (Wildman–Crippen LogP) is 0.243. The molecule has 0 bridgehead atoms. The summed E-state index contributed by atoms with van der Waals surface area (Å²) < 4.78 is 0. The molecule has 0 radical (unpaired) electrons. The quantitative estimate of drug-likeness (QED) is 0.448. The van der Waals surface area contributed by atoms with Crippen LogP contribution in [0.2, 0.25) is 0 Å². The second kappa shape index (κ2) is 3.79. The smallest absolute Gasteiger partial charge is 0.348 e. The van der Waals surface area contributed by atoms with Crippen molar-refractivity contribution in [1.29, 1.82) is 0 Å². The van der Waals surface area contributed by atoms with E-state index in [0.717, 1.165) is 6.42 Å². The van der Waals surface area contributed by atoms with Crippen LogP contribution in [0, 0.1) is 5.92 Å². The maximum Gasteiger partial charge on any atom is 0.348 e. The van der Waals surface area contributed by atoms with Gasteiger partial charge in [0, 0.05) is 5.92 Å². The van der Waals surface area contributed by atoms with Crippen LogP contribution in [0.3, 0.4) is 0 Å². The van der Waals surface area contributed by atoms with Crippen LogP contribution in [0.15, 0.2) is 12.2 Å². The van der Waals surface area contributed by atoms with Gasteiger partial charge in [0.05, 0.1) is 0 Å². The van der Waals surface area contributed by atoms with E-state index < -0.39 is 23.5 Å². The van der Waals surface area contributed by atoms with Crippen LogP contribution in [0.4, 0.5) is 0 Å². The number of carboxylic acids is 2. The average molecular weight is 200 g/mol. The van der Waals surface area contributed by atoms with E-state index in [1.165, 1.54) is 6.08 Å². The fourth-order valence-electron chi connectivity index (χ4n) is 1.57. The Hall–Kier alpha value is -1.36. The minimum atomic E-state index is -2.68. The lowest BCUT2D eigenvalue weighted by Crippen LogP contribution is -2.52. The summed E-state index contributed by atoms with van der Waals surface area (Å²) in [4.78, 5) is 21.4. The molecule has 0 saturated carbocycles. The van der Waals surface area contributed by atoms with E-state index in [4.69, 9.17) is 10.2 Å². The second-order valence-electron chi connectivity index (χ2n) is 3.34. The number of carboxylic acid groups (broad SMARTS) is 2. The zero-order chi connectivity index (χ0) is 10.8. The largest absolute Gasteiger partial charge is 0.479 e. The van der Waals surface area contributed by atoms with Gasteiger partial charge in [-0.3, -0.25) is 0 Å². The number of allylic oxidation sites excluding steroid dienone is 1. The Morgan fingerprint density at radius 2 is 1.86 bits per heavy atom. The van der Waals surface area contributed by atoms with E-state index in [1.54, 1.807) is 6.08 Å². The molecule has 0 aromatic heterocycles. The van der Waals surface area contributed by atoms with Gasteiger partial charge >= 0.3 is 11.9 Å². The van der Waals surface area contributed by atoms with Crippen molar-refractivity contribution in [3.8, 4) is 0 Å². The lowest BCUT2D eigenvalue weighted by Gasteiger charge is -2.27. The van der Waals surface area contributed by atoms with E-state index >= 15 is 0 Å². The molecule has 0 aromatic rings. The Labute approximate surface area is 80.7 Å². The molecule has 0 spiro atoms. The predicted molar refractivity (Wildman–Crippen MR) is 46.7 cm³/mol. The highest BCUT2D eigenvalue weighted by molar-refractivity contribution is 6.02. The molecule has 3 N–H and O–H groups in total. The molecule has 78 valence electrons. The van der Waals surface area contributed by atoms with Gasteiger partial charge in [0.15, 0.2) is 0 Å². The van der Waals surface area contributed by atoms with Gasteiger partial charge in [-0.25, -0.2) is 9.59 Å². The summed E-state index contributed by atoms with van der Waals surface area (Å²) in [5.74, 6) is -4.26. The third-order valence-corrected chi connectivity index (χ3v) is 2.44. The van der Waals surface area contributed by atoms with Crippen molar-refractivity contribution in [3.05, 3.63) is 12.2 Å². The van der Waals surface area contributed by atoms with Crippen molar-refractivity contribution in [2.75, 3.05) is 0 Å². The molecule has 1 aliphatic rings. The van der Waals surface area contributed by atoms with Crippen molar-refractivity contribution in [2.45, 2.75) is 24.9 Å². The van der Waals surface area contributed by atoms with E-state index in [9.17, 15) is 14.7 Å². The third kappa shape index (κ3) is 1.63. The first kappa shape index (κ1) is 10.7. The fraction of sp³-hybridized carbons (Fsp3) is 0.556. The molecular weight excluding hydrogens is 188 g/mol. The molecule has 1 unspecified atom stereocenters. The normalized spacial score (nSPS) is 21.9. The summed E-state index contributed by atoms with van der Waals surface area (Å²) in [5.41, 5.74) is -2.68. The Morgan fingerprint density at radius 1 is 1.29 bits per heavy atom. The molecule has 0 aliphatic heterocycles. The first-order valence-corrected chi connectivity index (χ1v) is 4.35. The summed E-state index contributed by atoms with van der Waals surface area (Å²) in [5, 5.41) is 26.9. The zero-order valence-corrected chi connectivity index (χ0v) is 7.51. The highest BCUT2D eigenvalue weighted by Crippen LogP contribution is 2.28. The summed E-state index contributed by atoms with van der Waals surface area (Å²) in [6.07, 6.45) is 5.04. The summed E-state index contributed by atoms with van der Waals surface area (Å²) in [6.45, 7) is 0. The number of aliphatic carboxylic acids is 2. The fourth-order valence-corrected chi connectivity index (χ4v) is 1.57. The molecule has 5 heteroatoms. The van der Waals surface area contributed by atoms with Gasteiger partial charge in [-0.1, -0.05) is 12.2 Å². The molecule has 5 nitrogen and oxygen atoms in total. The van der Waals surface area contributed by atoms with Crippen LogP contribution in [0.1, 0.15) is 19.3 Å². The van der Waals surface area contributed by atoms with E-state index in [-0.39, 0.29) is 0 Å². The van der Waals surface area contributed by atoms with Crippen molar-refractivity contribution < 1.29 is 24.9 Å². The average Bonchev–Trinajstić information content (AvgIpc) is 2.17. The molecule has 14 heavy (non-hydrogen) atoms. The zero-order valence-electron chi connectivity index (χ0n) is 7.51. The van der Waals surface area contributed by atoms with Gasteiger partial charge < -0.3 is 15.3 Å². The number of carbonyl (C=O) groups is 2. The number of hydrogen-bond donors (Lipinski definition) is 3. The topological polar surface area (TPSA) is 94.8 Å². The highest BCUT2D eigenvalue weighted by Gasteiger charge is 2.50. The molecule has 1 rings (SSSR count). The number of aliphatic hydroxyl groups is 1. The minimum absolute atomic E-state index is 0.381.